The third-order valence-corrected chi connectivity index (χ3v) is 3.80. The van der Waals surface area contributed by atoms with Gasteiger partial charge in [-0.15, -0.1) is 0 Å². The SMILES string of the molecule is CCC1Oc2c(Cl)cc(-c3ccccc3)cc2C1O. The van der Waals surface area contributed by atoms with Crippen LogP contribution in [0.2, 0.25) is 5.02 Å². The van der Waals surface area contributed by atoms with Gasteiger partial charge >= 0.3 is 0 Å². The summed E-state index contributed by atoms with van der Waals surface area (Å²) in [7, 11) is 0. The highest BCUT2D eigenvalue weighted by Gasteiger charge is 2.33. The Bertz CT molecular complexity index is 595. The number of fused-ring (bicyclic) bond motifs is 1. The maximum absolute atomic E-state index is 10.3. The lowest BCUT2D eigenvalue weighted by atomic mass is 9.99. The summed E-state index contributed by atoms with van der Waals surface area (Å²) < 4.78 is 5.71. The van der Waals surface area contributed by atoms with Gasteiger partial charge in [0.1, 0.15) is 18.0 Å². The zero-order valence-electron chi connectivity index (χ0n) is 10.6. The van der Waals surface area contributed by atoms with Gasteiger partial charge in [0, 0.05) is 5.56 Å². The second-order valence-electron chi connectivity index (χ2n) is 4.75. The number of hydrogen-bond donors (Lipinski definition) is 1. The number of hydrogen-bond acceptors (Lipinski definition) is 2. The molecule has 0 bridgehead atoms. The van der Waals surface area contributed by atoms with Gasteiger partial charge in [-0.3, -0.25) is 0 Å². The molecule has 1 aliphatic heterocycles. The minimum Gasteiger partial charge on any atom is -0.485 e. The fraction of sp³-hybridized carbons (Fsp3) is 0.250. The van der Waals surface area contributed by atoms with E-state index in [-0.39, 0.29) is 6.10 Å². The normalized spacial score (nSPS) is 21.0. The first-order chi connectivity index (χ1) is 9.20. The van der Waals surface area contributed by atoms with Crippen molar-refractivity contribution in [3.05, 3.63) is 53.1 Å². The molecule has 1 N–H and O–H groups in total. The van der Waals surface area contributed by atoms with Gasteiger partial charge in [0.2, 0.25) is 0 Å². The van der Waals surface area contributed by atoms with Gasteiger partial charge in [-0.05, 0) is 29.7 Å². The van der Waals surface area contributed by atoms with E-state index >= 15 is 0 Å². The number of ether oxygens (including phenoxy) is 1. The molecule has 1 heterocycles. The van der Waals surface area contributed by atoms with Crippen molar-refractivity contribution in [2.75, 3.05) is 0 Å². The Hall–Kier alpha value is -1.51. The lowest BCUT2D eigenvalue weighted by Gasteiger charge is -2.10. The molecule has 2 nitrogen and oxygen atoms in total. The van der Waals surface area contributed by atoms with E-state index in [4.69, 9.17) is 16.3 Å². The molecule has 0 aliphatic carbocycles. The predicted octanol–water partition coefficient (Wildman–Crippen LogP) is 4.21. The molecule has 19 heavy (non-hydrogen) atoms. The minimum atomic E-state index is -0.596. The molecule has 0 aromatic heterocycles. The molecule has 0 spiro atoms. The van der Waals surface area contributed by atoms with Gasteiger partial charge in [0.25, 0.3) is 0 Å². The standard InChI is InChI=1S/C16H15ClO2/c1-2-14-15(18)12-8-11(9-13(17)16(12)19-14)10-6-4-3-5-7-10/h3-9,14-15,18H,2H2,1H3. The topological polar surface area (TPSA) is 29.5 Å². The first kappa shape index (κ1) is 12.5. The van der Waals surface area contributed by atoms with Crippen LogP contribution in [0, 0.1) is 0 Å². The van der Waals surface area contributed by atoms with E-state index in [9.17, 15) is 5.11 Å². The molecule has 2 aromatic rings. The highest BCUT2D eigenvalue weighted by Crippen LogP contribution is 2.44. The highest BCUT2D eigenvalue weighted by atomic mass is 35.5. The lowest BCUT2D eigenvalue weighted by Crippen LogP contribution is -2.16. The van der Waals surface area contributed by atoms with Crippen molar-refractivity contribution in [1.29, 1.82) is 0 Å². The molecule has 2 atom stereocenters. The summed E-state index contributed by atoms with van der Waals surface area (Å²) in [4.78, 5) is 0. The van der Waals surface area contributed by atoms with E-state index in [1.807, 2.05) is 49.4 Å². The van der Waals surface area contributed by atoms with Crippen molar-refractivity contribution in [2.24, 2.45) is 0 Å². The van der Waals surface area contributed by atoms with Crippen molar-refractivity contribution >= 4 is 11.6 Å². The Morgan fingerprint density at radius 1 is 1.16 bits per heavy atom. The smallest absolute Gasteiger partial charge is 0.144 e. The van der Waals surface area contributed by atoms with E-state index in [2.05, 4.69) is 0 Å². The number of halogens is 1. The summed E-state index contributed by atoms with van der Waals surface area (Å²) >= 11 is 6.28. The van der Waals surface area contributed by atoms with Crippen LogP contribution in [0.25, 0.3) is 11.1 Å². The van der Waals surface area contributed by atoms with Gasteiger partial charge in [-0.1, -0.05) is 48.9 Å². The second kappa shape index (κ2) is 4.87. The maximum Gasteiger partial charge on any atom is 0.144 e. The van der Waals surface area contributed by atoms with Crippen LogP contribution in [-0.2, 0) is 0 Å². The van der Waals surface area contributed by atoms with Crippen LogP contribution in [0.3, 0.4) is 0 Å². The van der Waals surface area contributed by atoms with Crippen LogP contribution in [-0.4, -0.2) is 11.2 Å². The third kappa shape index (κ3) is 2.11. The molecular formula is C16H15ClO2. The van der Waals surface area contributed by atoms with Crippen LogP contribution in [0.5, 0.6) is 5.75 Å². The largest absolute Gasteiger partial charge is 0.485 e. The fourth-order valence-corrected chi connectivity index (χ4v) is 2.75. The highest BCUT2D eigenvalue weighted by molar-refractivity contribution is 6.32. The first-order valence-electron chi connectivity index (χ1n) is 6.44. The Balaban J connectivity index is 2.09. The summed E-state index contributed by atoms with van der Waals surface area (Å²) in [6.45, 7) is 1.99. The van der Waals surface area contributed by atoms with E-state index in [0.29, 0.717) is 10.8 Å². The van der Waals surface area contributed by atoms with E-state index in [1.165, 1.54) is 0 Å². The Labute approximate surface area is 117 Å². The van der Waals surface area contributed by atoms with Crippen LogP contribution in [0.1, 0.15) is 25.0 Å². The second-order valence-corrected chi connectivity index (χ2v) is 5.16. The molecule has 3 heteroatoms. The van der Waals surface area contributed by atoms with Crippen LogP contribution in [0.4, 0.5) is 0 Å². The molecule has 1 aliphatic rings. The minimum absolute atomic E-state index is 0.196. The predicted molar refractivity (Wildman–Crippen MR) is 76.6 cm³/mol. The molecule has 0 saturated carbocycles. The van der Waals surface area contributed by atoms with Gasteiger partial charge in [-0.2, -0.15) is 0 Å². The Kier molecular flexibility index (Phi) is 3.21. The first-order valence-corrected chi connectivity index (χ1v) is 6.82. The summed E-state index contributed by atoms with van der Waals surface area (Å²) in [5, 5.41) is 10.8. The van der Waals surface area contributed by atoms with Gasteiger partial charge in [0.15, 0.2) is 0 Å². The monoisotopic (exact) mass is 274 g/mol. The third-order valence-electron chi connectivity index (χ3n) is 3.52. The molecule has 98 valence electrons. The van der Waals surface area contributed by atoms with Crippen molar-refractivity contribution in [1.82, 2.24) is 0 Å². The lowest BCUT2D eigenvalue weighted by molar-refractivity contribution is 0.0654. The van der Waals surface area contributed by atoms with Crippen LogP contribution < -0.4 is 4.74 Å². The summed E-state index contributed by atoms with van der Waals surface area (Å²) in [5.41, 5.74) is 2.88. The van der Waals surface area contributed by atoms with Crippen molar-refractivity contribution in [3.8, 4) is 16.9 Å². The van der Waals surface area contributed by atoms with Crippen LogP contribution in [0.15, 0.2) is 42.5 Å². The molecule has 3 rings (SSSR count). The molecule has 0 amide bonds. The van der Waals surface area contributed by atoms with Gasteiger partial charge in [-0.25, -0.2) is 0 Å². The average Bonchev–Trinajstić information content (AvgIpc) is 2.77. The fourth-order valence-electron chi connectivity index (χ4n) is 2.48. The summed E-state index contributed by atoms with van der Waals surface area (Å²) in [6.07, 6.45) is -0.0352. The Morgan fingerprint density at radius 3 is 2.58 bits per heavy atom. The molecule has 0 saturated heterocycles. The van der Waals surface area contributed by atoms with Crippen molar-refractivity contribution < 1.29 is 9.84 Å². The number of benzene rings is 2. The van der Waals surface area contributed by atoms with Crippen molar-refractivity contribution in [2.45, 2.75) is 25.6 Å². The zero-order chi connectivity index (χ0) is 13.4. The molecular weight excluding hydrogens is 260 g/mol. The van der Waals surface area contributed by atoms with E-state index < -0.39 is 6.10 Å². The maximum atomic E-state index is 10.3. The number of rotatable bonds is 2. The van der Waals surface area contributed by atoms with Crippen LogP contribution >= 0.6 is 11.6 Å². The number of aliphatic hydroxyl groups excluding tert-OH is 1. The average molecular weight is 275 g/mol. The molecule has 0 radical (unpaired) electrons. The quantitative estimate of drug-likeness (QED) is 0.889. The van der Waals surface area contributed by atoms with Gasteiger partial charge < -0.3 is 9.84 Å². The molecule has 0 fully saturated rings. The number of aliphatic hydroxyl groups is 1. The zero-order valence-corrected chi connectivity index (χ0v) is 11.4. The summed E-state index contributed by atoms with van der Waals surface area (Å²) in [6, 6.07) is 13.9. The van der Waals surface area contributed by atoms with Gasteiger partial charge in [0.05, 0.1) is 5.02 Å². The van der Waals surface area contributed by atoms with Crippen molar-refractivity contribution in [3.63, 3.8) is 0 Å². The molecule has 2 unspecified atom stereocenters. The van der Waals surface area contributed by atoms with E-state index in [1.54, 1.807) is 0 Å². The summed E-state index contributed by atoms with van der Waals surface area (Å²) in [5.74, 6) is 0.626. The molecule has 2 aromatic carbocycles. The van der Waals surface area contributed by atoms with E-state index in [0.717, 1.165) is 23.1 Å². The Morgan fingerprint density at radius 2 is 1.89 bits per heavy atom.